The van der Waals surface area contributed by atoms with E-state index in [9.17, 15) is 14.4 Å². The largest absolute Gasteiger partial charge is 0.490 e. The Hall–Kier alpha value is -3.47. The quantitative estimate of drug-likeness (QED) is 0.648. The standard InChI is InChI=1S/C23H24FN5O2/c1-13-16(10-25)6-5-7-17(13)14(2)26-21-18-11-29(23(12-24)8-9-23)22(30)20(31-4)19(18)27-15(3)28-21/h5-7,11,14H,8-9,12H2,1-4H3,(H,26,27,28). The Morgan fingerprint density at radius 3 is 2.71 bits per heavy atom. The van der Waals surface area contributed by atoms with Crippen LogP contribution in [0.15, 0.2) is 29.2 Å². The number of aromatic nitrogens is 3. The molecule has 0 saturated heterocycles. The Bertz CT molecular complexity index is 1270. The average Bonchev–Trinajstić information content (AvgIpc) is 3.54. The van der Waals surface area contributed by atoms with Crippen molar-refractivity contribution >= 4 is 16.7 Å². The third kappa shape index (κ3) is 3.40. The van der Waals surface area contributed by atoms with Crippen LogP contribution in [0.3, 0.4) is 0 Å². The van der Waals surface area contributed by atoms with Crippen LogP contribution >= 0.6 is 0 Å². The van der Waals surface area contributed by atoms with E-state index in [4.69, 9.17) is 4.74 Å². The topological polar surface area (TPSA) is 92.8 Å². The van der Waals surface area contributed by atoms with Gasteiger partial charge in [-0.05, 0) is 50.8 Å². The van der Waals surface area contributed by atoms with Gasteiger partial charge < -0.3 is 14.6 Å². The molecule has 7 nitrogen and oxygen atoms in total. The molecular weight excluding hydrogens is 397 g/mol. The van der Waals surface area contributed by atoms with E-state index in [0.717, 1.165) is 11.1 Å². The van der Waals surface area contributed by atoms with Crippen LogP contribution in [0.1, 0.15) is 48.3 Å². The van der Waals surface area contributed by atoms with Crippen molar-refractivity contribution in [1.82, 2.24) is 14.5 Å². The van der Waals surface area contributed by atoms with Crippen LogP contribution in [0, 0.1) is 25.2 Å². The molecule has 2 aromatic heterocycles. The molecule has 1 aliphatic carbocycles. The highest BCUT2D eigenvalue weighted by Gasteiger charge is 2.46. The molecule has 1 N–H and O–H groups in total. The zero-order chi connectivity index (χ0) is 22.3. The highest BCUT2D eigenvalue weighted by Crippen LogP contribution is 2.44. The van der Waals surface area contributed by atoms with Gasteiger partial charge in [0.2, 0.25) is 5.75 Å². The molecule has 4 rings (SSSR count). The summed E-state index contributed by atoms with van der Waals surface area (Å²) >= 11 is 0. The molecule has 1 fully saturated rings. The van der Waals surface area contributed by atoms with Gasteiger partial charge in [0, 0.05) is 6.20 Å². The summed E-state index contributed by atoms with van der Waals surface area (Å²) in [6, 6.07) is 7.63. The number of nitrogens with one attached hydrogen (secondary N) is 1. The summed E-state index contributed by atoms with van der Waals surface area (Å²) in [4.78, 5) is 22.0. The molecule has 2 heterocycles. The number of alkyl halides is 1. The Labute approximate surface area is 179 Å². The number of rotatable bonds is 6. The highest BCUT2D eigenvalue weighted by atomic mass is 19.1. The lowest BCUT2D eigenvalue weighted by Crippen LogP contribution is -2.32. The Kier molecular flexibility index (Phi) is 5.13. The van der Waals surface area contributed by atoms with Crippen LogP contribution in [0.25, 0.3) is 10.9 Å². The van der Waals surface area contributed by atoms with Gasteiger partial charge in [-0.1, -0.05) is 12.1 Å². The van der Waals surface area contributed by atoms with Crippen LogP contribution in [0.4, 0.5) is 10.2 Å². The first-order valence-corrected chi connectivity index (χ1v) is 10.2. The maximum absolute atomic E-state index is 13.8. The van der Waals surface area contributed by atoms with Crippen molar-refractivity contribution in [3.05, 3.63) is 57.3 Å². The van der Waals surface area contributed by atoms with E-state index in [1.54, 1.807) is 19.2 Å². The van der Waals surface area contributed by atoms with Crippen LogP contribution in [0.2, 0.25) is 0 Å². The minimum absolute atomic E-state index is 0.0843. The Morgan fingerprint density at radius 1 is 1.35 bits per heavy atom. The lowest BCUT2D eigenvalue weighted by Gasteiger charge is -2.21. The van der Waals surface area contributed by atoms with Gasteiger partial charge >= 0.3 is 0 Å². The van der Waals surface area contributed by atoms with E-state index in [1.165, 1.54) is 11.7 Å². The molecule has 0 bridgehead atoms. The maximum atomic E-state index is 13.8. The molecule has 1 aliphatic rings. The smallest absolute Gasteiger partial charge is 0.295 e. The number of fused-ring (bicyclic) bond motifs is 1. The molecule has 31 heavy (non-hydrogen) atoms. The predicted molar refractivity (Wildman–Crippen MR) is 116 cm³/mol. The Balaban J connectivity index is 1.88. The van der Waals surface area contributed by atoms with Gasteiger partial charge in [-0.3, -0.25) is 4.79 Å². The van der Waals surface area contributed by atoms with Gasteiger partial charge in [-0.25, -0.2) is 14.4 Å². The molecule has 0 radical (unpaired) electrons. The minimum atomic E-state index is -0.815. The zero-order valence-electron chi connectivity index (χ0n) is 18.0. The van der Waals surface area contributed by atoms with Gasteiger partial charge in [0.1, 0.15) is 23.8 Å². The number of nitrogens with zero attached hydrogens (tertiary/aromatic N) is 4. The molecule has 160 valence electrons. The number of ether oxygens (including phenoxy) is 1. The van der Waals surface area contributed by atoms with Crippen molar-refractivity contribution in [2.75, 3.05) is 19.1 Å². The van der Waals surface area contributed by atoms with Crippen LogP contribution in [-0.2, 0) is 5.54 Å². The number of hydrogen-bond donors (Lipinski definition) is 1. The minimum Gasteiger partial charge on any atom is -0.490 e. The molecular formula is C23H24FN5O2. The molecule has 0 spiro atoms. The second kappa shape index (κ2) is 7.65. The number of anilines is 1. The molecule has 1 aromatic carbocycles. The fourth-order valence-corrected chi connectivity index (χ4v) is 4.03. The molecule has 1 unspecified atom stereocenters. The SMILES string of the molecule is COc1c(=O)n(C2(CF)CC2)cc2c(NC(C)c3cccc(C#N)c3C)nc(C)nc12. The van der Waals surface area contributed by atoms with Crippen molar-refractivity contribution in [2.45, 2.75) is 45.2 Å². The third-order valence-corrected chi connectivity index (χ3v) is 6.05. The van der Waals surface area contributed by atoms with E-state index >= 15 is 0 Å². The van der Waals surface area contributed by atoms with E-state index in [0.29, 0.717) is 41.0 Å². The third-order valence-electron chi connectivity index (χ3n) is 6.05. The summed E-state index contributed by atoms with van der Waals surface area (Å²) in [5.41, 5.74) is 1.66. The van der Waals surface area contributed by atoms with Gasteiger partial charge in [0.25, 0.3) is 5.56 Å². The molecule has 8 heteroatoms. The first-order chi connectivity index (χ1) is 14.8. The number of nitriles is 1. The number of halogens is 1. The van der Waals surface area contributed by atoms with E-state index in [1.807, 2.05) is 26.0 Å². The van der Waals surface area contributed by atoms with E-state index < -0.39 is 12.2 Å². The number of pyridine rings is 1. The number of aryl methyl sites for hydroxylation is 1. The molecule has 3 aromatic rings. The fourth-order valence-electron chi connectivity index (χ4n) is 4.03. The second-order valence-electron chi connectivity index (χ2n) is 8.07. The van der Waals surface area contributed by atoms with Gasteiger partial charge in [-0.2, -0.15) is 5.26 Å². The van der Waals surface area contributed by atoms with Crippen LogP contribution in [-0.4, -0.2) is 28.3 Å². The second-order valence-corrected chi connectivity index (χ2v) is 8.07. The summed E-state index contributed by atoms with van der Waals surface area (Å²) in [7, 11) is 1.42. The van der Waals surface area contributed by atoms with Crippen molar-refractivity contribution in [2.24, 2.45) is 0 Å². The summed E-state index contributed by atoms with van der Waals surface area (Å²) in [6.07, 6.45) is 2.84. The molecule has 0 amide bonds. The number of benzene rings is 1. The average molecular weight is 421 g/mol. The van der Waals surface area contributed by atoms with Crippen molar-refractivity contribution in [3.8, 4) is 11.8 Å². The van der Waals surface area contributed by atoms with Gasteiger partial charge in [0.15, 0.2) is 0 Å². The monoisotopic (exact) mass is 421 g/mol. The lowest BCUT2D eigenvalue weighted by atomic mass is 9.98. The van der Waals surface area contributed by atoms with Crippen LogP contribution in [0.5, 0.6) is 5.75 Å². The van der Waals surface area contributed by atoms with E-state index in [-0.39, 0.29) is 17.4 Å². The molecule has 0 aliphatic heterocycles. The summed E-state index contributed by atoms with van der Waals surface area (Å²) < 4.78 is 20.6. The van der Waals surface area contributed by atoms with Gasteiger partial charge in [-0.15, -0.1) is 0 Å². The van der Waals surface area contributed by atoms with Gasteiger partial charge in [0.05, 0.1) is 35.7 Å². The molecule has 1 atom stereocenters. The van der Waals surface area contributed by atoms with E-state index in [2.05, 4.69) is 21.4 Å². The molecule has 1 saturated carbocycles. The van der Waals surface area contributed by atoms with Crippen LogP contribution < -0.4 is 15.6 Å². The summed E-state index contributed by atoms with van der Waals surface area (Å²) in [5.74, 6) is 1.09. The summed E-state index contributed by atoms with van der Waals surface area (Å²) in [5, 5.41) is 13.3. The highest BCUT2D eigenvalue weighted by molar-refractivity contribution is 5.92. The van der Waals surface area contributed by atoms with Crippen molar-refractivity contribution in [3.63, 3.8) is 0 Å². The lowest BCUT2D eigenvalue weighted by molar-refractivity contribution is 0.323. The predicted octanol–water partition coefficient (Wildman–Crippen LogP) is 3.92. The first-order valence-electron chi connectivity index (χ1n) is 10.2. The first kappa shape index (κ1) is 20.8. The van der Waals surface area contributed by atoms with Crippen molar-refractivity contribution < 1.29 is 9.13 Å². The summed E-state index contributed by atoms with van der Waals surface area (Å²) in [6.45, 7) is 5.01. The number of methoxy groups -OCH3 is 1. The maximum Gasteiger partial charge on any atom is 0.295 e. The van der Waals surface area contributed by atoms with Crippen molar-refractivity contribution in [1.29, 1.82) is 5.26 Å². The fraction of sp³-hybridized carbons (Fsp3) is 0.391. The Morgan fingerprint density at radius 2 is 2.10 bits per heavy atom. The normalized spacial score (nSPS) is 15.4. The zero-order valence-corrected chi connectivity index (χ0v) is 18.0. The number of hydrogen-bond acceptors (Lipinski definition) is 6.